The molecule has 0 atom stereocenters. The number of rotatable bonds is 10. The monoisotopic (exact) mass is 530 g/mol. The minimum absolute atomic E-state index is 0.0918. The highest BCUT2D eigenvalue weighted by atomic mass is 32.2. The molecule has 3 aromatic carbocycles. The Labute approximate surface area is 224 Å². The lowest BCUT2D eigenvalue weighted by Crippen LogP contribution is -2.41. The number of primary amides is 1. The molecule has 198 valence electrons. The quantitative estimate of drug-likeness (QED) is 0.268. The molecule has 1 aliphatic heterocycles. The van der Waals surface area contributed by atoms with Gasteiger partial charge in [0.1, 0.15) is 0 Å². The number of amides is 1. The van der Waals surface area contributed by atoms with Crippen LogP contribution in [0.2, 0.25) is 0 Å². The van der Waals surface area contributed by atoms with Gasteiger partial charge in [-0.3, -0.25) is 4.79 Å². The van der Waals surface area contributed by atoms with Crippen LogP contribution in [-0.2, 0) is 27.8 Å². The highest BCUT2D eigenvalue weighted by Gasteiger charge is 2.29. The van der Waals surface area contributed by atoms with E-state index in [1.54, 1.807) is 4.31 Å². The lowest BCUT2D eigenvalue weighted by Gasteiger charge is -2.31. The van der Waals surface area contributed by atoms with E-state index in [1.807, 2.05) is 60.8 Å². The molecule has 0 unspecified atom stereocenters. The van der Waals surface area contributed by atoms with Crippen molar-refractivity contribution < 1.29 is 13.2 Å². The summed E-state index contributed by atoms with van der Waals surface area (Å²) in [6.45, 7) is 2.09. The number of piperidine rings is 1. The molecule has 0 saturated carbocycles. The summed E-state index contributed by atoms with van der Waals surface area (Å²) >= 11 is 0. The van der Waals surface area contributed by atoms with Gasteiger partial charge in [-0.05, 0) is 58.7 Å². The standard InChI is InChI=1S/C30H34N4O3S/c31-29(35)19-26-17-25(23-9-5-2-6-10-23)18-27-28(21-33-30(26)27)24-11-14-34(15-12-24)38(36,37)16-13-32-20-22-7-3-1-4-8-22/h1-10,17-18,21,24,32-33H,11-16,19-20H2,(H2,31,35). The Kier molecular flexibility index (Phi) is 7.93. The van der Waals surface area contributed by atoms with E-state index in [2.05, 4.69) is 28.5 Å². The second-order valence-corrected chi connectivity index (χ2v) is 12.1. The third-order valence-electron chi connectivity index (χ3n) is 7.37. The van der Waals surface area contributed by atoms with Crippen molar-refractivity contribution in [3.05, 3.63) is 95.7 Å². The lowest BCUT2D eigenvalue weighted by atomic mass is 9.88. The summed E-state index contributed by atoms with van der Waals surface area (Å²) in [5, 5.41) is 4.32. The molecule has 5 rings (SSSR count). The molecule has 2 heterocycles. The largest absolute Gasteiger partial charge is 0.369 e. The van der Waals surface area contributed by atoms with Crippen LogP contribution in [0.4, 0.5) is 0 Å². The van der Waals surface area contributed by atoms with E-state index in [1.165, 1.54) is 5.56 Å². The fourth-order valence-electron chi connectivity index (χ4n) is 5.39. The lowest BCUT2D eigenvalue weighted by molar-refractivity contribution is -0.117. The number of nitrogens with one attached hydrogen (secondary N) is 2. The van der Waals surface area contributed by atoms with Crippen LogP contribution in [0.15, 0.2) is 79.0 Å². The summed E-state index contributed by atoms with van der Waals surface area (Å²) in [6, 6.07) is 24.3. The maximum Gasteiger partial charge on any atom is 0.221 e. The molecule has 0 aliphatic carbocycles. The van der Waals surface area contributed by atoms with E-state index in [9.17, 15) is 13.2 Å². The first-order valence-corrected chi connectivity index (χ1v) is 14.7. The van der Waals surface area contributed by atoms with E-state index in [4.69, 9.17) is 5.73 Å². The zero-order valence-electron chi connectivity index (χ0n) is 21.4. The Hall–Kier alpha value is -3.46. The van der Waals surface area contributed by atoms with Crippen LogP contribution in [0.1, 0.15) is 35.4 Å². The van der Waals surface area contributed by atoms with Gasteiger partial charge in [0.15, 0.2) is 0 Å². The average molecular weight is 531 g/mol. The summed E-state index contributed by atoms with van der Waals surface area (Å²) in [4.78, 5) is 15.2. The van der Waals surface area contributed by atoms with Crippen molar-refractivity contribution in [1.29, 1.82) is 0 Å². The summed E-state index contributed by atoms with van der Waals surface area (Å²) in [7, 11) is -3.32. The first-order valence-electron chi connectivity index (χ1n) is 13.1. The van der Waals surface area contributed by atoms with Crippen LogP contribution in [-0.4, -0.2) is 49.0 Å². The smallest absolute Gasteiger partial charge is 0.221 e. The normalized spacial score (nSPS) is 15.2. The summed E-state index contributed by atoms with van der Waals surface area (Å²) in [5.74, 6) is -0.0441. The number of carbonyl (C=O) groups is 1. The molecule has 4 aromatic rings. The van der Waals surface area contributed by atoms with E-state index in [0.717, 1.165) is 46.0 Å². The van der Waals surface area contributed by atoms with Crippen LogP contribution >= 0.6 is 0 Å². The predicted octanol–water partition coefficient (Wildman–Crippen LogP) is 4.16. The van der Waals surface area contributed by atoms with E-state index >= 15 is 0 Å². The van der Waals surface area contributed by atoms with Gasteiger partial charge in [-0.2, -0.15) is 0 Å². The number of aromatic nitrogens is 1. The van der Waals surface area contributed by atoms with Gasteiger partial charge in [0.05, 0.1) is 12.2 Å². The fourth-order valence-corrected chi connectivity index (χ4v) is 6.82. The van der Waals surface area contributed by atoms with Crippen LogP contribution in [0.3, 0.4) is 0 Å². The third kappa shape index (κ3) is 5.99. The van der Waals surface area contributed by atoms with Crippen molar-refractivity contribution in [3.63, 3.8) is 0 Å². The van der Waals surface area contributed by atoms with E-state index in [0.29, 0.717) is 26.2 Å². The van der Waals surface area contributed by atoms with Crippen molar-refractivity contribution >= 4 is 26.8 Å². The number of benzene rings is 3. The molecule has 7 nitrogen and oxygen atoms in total. The second kappa shape index (κ2) is 11.5. The van der Waals surface area contributed by atoms with Gasteiger partial charge in [0, 0.05) is 43.3 Å². The van der Waals surface area contributed by atoms with E-state index in [-0.39, 0.29) is 24.0 Å². The molecule has 0 spiro atoms. The zero-order valence-corrected chi connectivity index (χ0v) is 22.2. The van der Waals surface area contributed by atoms with Crippen molar-refractivity contribution in [2.24, 2.45) is 5.73 Å². The van der Waals surface area contributed by atoms with E-state index < -0.39 is 10.0 Å². The number of nitrogens with zero attached hydrogens (tertiary/aromatic N) is 1. The molecular weight excluding hydrogens is 496 g/mol. The van der Waals surface area contributed by atoms with Gasteiger partial charge in [0.2, 0.25) is 15.9 Å². The molecule has 0 bridgehead atoms. The maximum atomic E-state index is 13.0. The molecule has 1 fully saturated rings. The number of H-pyrrole nitrogens is 1. The number of nitrogens with two attached hydrogens (primary N) is 1. The Morgan fingerprint density at radius 3 is 2.34 bits per heavy atom. The fraction of sp³-hybridized carbons (Fsp3) is 0.300. The first kappa shape index (κ1) is 26.2. The van der Waals surface area contributed by atoms with Gasteiger partial charge in [0.25, 0.3) is 0 Å². The number of carbonyl (C=O) groups excluding carboxylic acids is 1. The molecule has 4 N–H and O–H groups in total. The van der Waals surface area contributed by atoms with Crippen molar-refractivity contribution in [1.82, 2.24) is 14.6 Å². The molecule has 1 aromatic heterocycles. The highest BCUT2D eigenvalue weighted by molar-refractivity contribution is 7.89. The van der Waals surface area contributed by atoms with Gasteiger partial charge < -0.3 is 16.0 Å². The molecule has 8 heteroatoms. The maximum absolute atomic E-state index is 13.0. The average Bonchev–Trinajstić information content (AvgIpc) is 3.36. The summed E-state index contributed by atoms with van der Waals surface area (Å²) in [6.07, 6.45) is 3.69. The van der Waals surface area contributed by atoms with Crippen LogP contribution < -0.4 is 11.1 Å². The minimum Gasteiger partial charge on any atom is -0.369 e. The SMILES string of the molecule is NC(=O)Cc1cc(-c2ccccc2)cc2c(C3CCN(S(=O)(=O)CCNCc4ccccc4)CC3)c[nH]c12. The van der Waals surface area contributed by atoms with Crippen molar-refractivity contribution in [2.75, 3.05) is 25.4 Å². The summed E-state index contributed by atoms with van der Waals surface area (Å²) in [5.41, 5.74) is 11.8. The Bertz CT molecular complexity index is 1490. The molecule has 1 saturated heterocycles. The molecular formula is C30H34N4O3S. The molecule has 38 heavy (non-hydrogen) atoms. The van der Waals surface area contributed by atoms with Crippen LogP contribution in [0.25, 0.3) is 22.0 Å². The Balaban J connectivity index is 1.28. The molecule has 1 aliphatic rings. The number of hydrogen-bond acceptors (Lipinski definition) is 4. The number of hydrogen-bond donors (Lipinski definition) is 3. The summed E-state index contributed by atoms with van der Waals surface area (Å²) < 4.78 is 27.6. The van der Waals surface area contributed by atoms with Crippen molar-refractivity contribution in [2.45, 2.75) is 31.7 Å². The van der Waals surface area contributed by atoms with Crippen molar-refractivity contribution in [3.8, 4) is 11.1 Å². The van der Waals surface area contributed by atoms with Gasteiger partial charge in [-0.1, -0.05) is 60.7 Å². The van der Waals surface area contributed by atoms with Gasteiger partial charge >= 0.3 is 0 Å². The minimum atomic E-state index is -3.32. The number of aromatic amines is 1. The third-order valence-corrected chi connectivity index (χ3v) is 9.24. The molecule has 0 radical (unpaired) electrons. The second-order valence-electron chi connectivity index (χ2n) is 9.96. The number of fused-ring (bicyclic) bond motifs is 1. The molecule has 1 amide bonds. The zero-order chi connectivity index (χ0) is 26.5. The first-order chi connectivity index (χ1) is 18.4. The Morgan fingerprint density at radius 2 is 1.66 bits per heavy atom. The highest BCUT2D eigenvalue weighted by Crippen LogP contribution is 2.37. The van der Waals surface area contributed by atoms with Crippen LogP contribution in [0.5, 0.6) is 0 Å². The number of sulfonamides is 1. The topological polar surface area (TPSA) is 108 Å². The Morgan fingerprint density at radius 1 is 0.974 bits per heavy atom. The van der Waals surface area contributed by atoms with Gasteiger partial charge in [-0.25, -0.2) is 12.7 Å². The van der Waals surface area contributed by atoms with Crippen LogP contribution in [0, 0.1) is 0 Å². The van der Waals surface area contributed by atoms with Gasteiger partial charge in [-0.15, -0.1) is 0 Å². The predicted molar refractivity (Wildman–Crippen MR) is 152 cm³/mol.